The molecule has 3 fully saturated rings. The number of phenols is 1. The number of nitrogens with zero attached hydrogens (tertiary/aromatic N) is 3. The summed E-state index contributed by atoms with van der Waals surface area (Å²) >= 11 is 0. The molecule has 9 nitrogen and oxygen atoms in total. The first-order valence-corrected chi connectivity index (χ1v) is 13.9. The molecule has 6 rings (SSSR count). The smallest absolute Gasteiger partial charge is 0.317 e. The molecule has 4 aliphatic rings. The zero-order valence-corrected chi connectivity index (χ0v) is 21.7. The Hall–Kier alpha value is -2.88. The van der Waals surface area contributed by atoms with Gasteiger partial charge in [0.25, 0.3) is 0 Å². The van der Waals surface area contributed by atoms with E-state index in [1.807, 2.05) is 23.2 Å². The molecule has 0 spiro atoms. The van der Waals surface area contributed by atoms with E-state index >= 15 is 0 Å². The first kappa shape index (κ1) is 24.5. The fourth-order valence-corrected chi connectivity index (χ4v) is 6.75. The number of nitrogens with one attached hydrogen (secondary N) is 4. The number of aromatic nitrogens is 2. The van der Waals surface area contributed by atoms with Crippen LogP contribution in [0.25, 0.3) is 5.57 Å². The number of amides is 2. The Balaban J connectivity index is 1.07. The third-order valence-electron chi connectivity index (χ3n) is 8.80. The molecule has 2 amide bonds. The van der Waals surface area contributed by atoms with Gasteiger partial charge in [-0.05, 0) is 72.8 Å². The molecule has 4 atom stereocenters. The summed E-state index contributed by atoms with van der Waals surface area (Å²) < 4.78 is 0. The van der Waals surface area contributed by atoms with Crippen LogP contribution in [-0.4, -0.2) is 76.2 Å². The molecule has 1 saturated carbocycles. The Kier molecular flexibility index (Phi) is 6.92. The normalized spacial score (nSPS) is 28.3. The largest absolute Gasteiger partial charge is 0.508 e. The summed E-state index contributed by atoms with van der Waals surface area (Å²) in [6.45, 7) is 7.30. The number of hydrogen-bond acceptors (Lipinski definition) is 6. The minimum atomic E-state index is 0.0601. The monoisotopic (exact) mass is 505 g/mol. The van der Waals surface area contributed by atoms with Crippen LogP contribution in [0, 0.1) is 5.92 Å². The van der Waals surface area contributed by atoms with E-state index < -0.39 is 0 Å². The maximum absolute atomic E-state index is 11.8. The highest BCUT2D eigenvalue weighted by Crippen LogP contribution is 2.44. The molecular weight excluding hydrogens is 466 g/mol. The second kappa shape index (κ2) is 10.5. The van der Waals surface area contributed by atoms with Crippen LogP contribution in [-0.2, 0) is 6.42 Å². The lowest BCUT2D eigenvalue weighted by molar-refractivity contribution is 0.205. The van der Waals surface area contributed by atoms with E-state index in [1.54, 1.807) is 0 Å². The minimum absolute atomic E-state index is 0.0601. The van der Waals surface area contributed by atoms with Crippen LogP contribution in [0.2, 0.25) is 0 Å². The van der Waals surface area contributed by atoms with Gasteiger partial charge in [0, 0.05) is 45.3 Å². The van der Waals surface area contributed by atoms with Crippen molar-refractivity contribution in [2.45, 2.75) is 57.0 Å². The van der Waals surface area contributed by atoms with Crippen LogP contribution in [0.15, 0.2) is 30.5 Å². The number of aryl methyl sites for hydroxylation is 1. The third kappa shape index (κ3) is 5.00. The van der Waals surface area contributed by atoms with Crippen molar-refractivity contribution in [1.82, 2.24) is 35.9 Å². The molecule has 198 valence electrons. The summed E-state index contributed by atoms with van der Waals surface area (Å²) in [4.78, 5) is 24.6. The summed E-state index contributed by atoms with van der Waals surface area (Å²) in [6, 6.07) is 6.53. The van der Waals surface area contributed by atoms with Crippen LogP contribution < -0.4 is 16.2 Å². The number of imidazole rings is 1. The van der Waals surface area contributed by atoms with Crippen molar-refractivity contribution in [2.24, 2.45) is 5.92 Å². The second-order valence-electron chi connectivity index (χ2n) is 11.0. The number of H-pyrrole nitrogens is 1. The fourth-order valence-electron chi connectivity index (χ4n) is 6.75. The number of benzene rings is 1. The first-order valence-electron chi connectivity index (χ1n) is 13.9. The number of hydrogen-bond donors (Lipinski definition) is 5. The number of aromatic hydroxyl groups is 1. The molecule has 5 N–H and O–H groups in total. The zero-order chi connectivity index (χ0) is 25.4. The second-order valence-corrected chi connectivity index (χ2v) is 11.0. The van der Waals surface area contributed by atoms with Crippen molar-refractivity contribution in [3.8, 4) is 5.75 Å². The maximum Gasteiger partial charge on any atom is 0.317 e. The number of carbonyl (C=O) groups is 1. The zero-order valence-electron chi connectivity index (χ0n) is 21.7. The minimum Gasteiger partial charge on any atom is -0.508 e. The molecule has 4 unspecified atom stereocenters. The molecule has 1 aliphatic carbocycles. The van der Waals surface area contributed by atoms with E-state index in [1.165, 1.54) is 16.7 Å². The molecular formula is C28H39N7O2. The average Bonchev–Trinajstić information content (AvgIpc) is 3.67. The quantitative estimate of drug-likeness (QED) is 0.396. The highest BCUT2D eigenvalue weighted by Gasteiger charge is 2.42. The van der Waals surface area contributed by atoms with Gasteiger partial charge in [-0.3, -0.25) is 10.3 Å². The van der Waals surface area contributed by atoms with Crippen molar-refractivity contribution in [3.63, 3.8) is 0 Å². The third-order valence-corrected chi connectivity index (χ3v) is 8.80. The van der Waals surface area contributed by atoms with Crippen LogP contribution in [0.1, 0.15) is 67.2 Å². The van der Waals surface area contributed by atoms with Gasteiger partial charge in [-0.1, -0.05) is 19.1 Å². The summed E-state index contributed by atoms with van der Waals surface area (Å²) in [5.41, 5.74) is 12.2. The van der Waals surface area contributed by atoms with Gasteiger partial charge >= 0.3 is 6.03 Å². The van der Waals surface area contributed by atoms with Gasteiger partial charge in [-0.15, -0.1) is 0 Å². The van der Waals surface area contributed by atoms with Crippen LogP contribution >= 0.6 is 0 Å². The molecule has 1 aromatic heterocycles. The number of hydrazine groups is 1. The highest BCUT2D eigenvalue weighted by molar-refractivity contribution is 5.76. The summed E-state index contributed by atoms with van der Waals surface area (Å²) in [5, 5.41) is 12.8. The topological polar surface area (TPSA) is 109 Å². The average molecular weight is 506 g/mol. The SMILES string of the molecule is CCc1cc(O)ccc1C1CCC2C(C1)NNC2c1ncc(C2=CCCN(CCN3CCNC3=O)C2)[nH]1. The molecule has 0 radical (unpaired) electrons. The van der Waals surface area contributed by atoms with Crippen LogP contribution in [0.5, 0.6) is 5.75 Å². The molecule has 2 saturated heterocycles. The Morgan fingerprint density at radius 1 is 1.16 bits per heavy atom. The van der Waals surface area contributed by atoms with E-state index in [-0.39, 0.29) is 12.1 Å². The van der Waals surface area contributed by atoms with Gasteiger partial charge in [-0.25, -0.2) is 15.2 Å². The van der Waals surface area contributed by atoms with Crippen molar-refractivity contribution >= 4 is 11.6 Å². The van der Waals surface area contributed by atoms with Crippen molar-refractivity contribution in [3.05, 3.63) is 53.1 Å². The highest BCUT2D eigenvalue weighted by atomic mass is 16.3. The van der Waals surface area contributed by atoms with Gasteiger partial charge in [0.15, 0.2) is 0 Å². The van der Waals surface area contributed by atoms with E-state index in [0.717, 1.165) is 82.9 Å². The van der Waals surface area contributed by atoms with Gasteiger partial charge < -0.3 is 20.3 Å². The molecule has 2 aromatic rings. The Morgan fingerprint density at radius 2 is 2.08 bits per heavy atom. The van der Waals surface area contributed by atoms with Gasteiger partial charge in [0.05, 0.1) is 17.9 Å². The van der Waals surface area contributed by atoms with Gasteiger partial charge in [0.1, 0.15) is 11.6 Å². The maximum atomic E-state index is 11.8. The number of fused-ring (bicyclic) bond motifs is 1. The number of urea groups is 1. The predicted molar refractivity (Wildman–Crippen MR) is 143 cm³/mol. The Bertz CT molecular complexity index is 1160. The molecule has 1 aromatic carbocycles. The number of aromatic amines is 1. The molecule has 0 bridgehead atoms. The Labute approximate surface area is 218 Å². The van der Waals surface area contributed by atoms with Gasteiger partial charge in [0.2, 0.25) is 0 Å². The lowest BCUT2D eigenvalue weighted by atomic mass is 9.73. The van der Waals surface area contributed by atoms with Crippen molar-refractivity contribution < 1.29 is 9.90 Å². The molecule has 3 aliphatic heterocycles. The fraction of sp³-hybridized carbons (Fsp3) is 0.571. The summed E-state index contributed by atoms with van der Waals surface area (Å²) in [6.07, 6.45) is 9.66. The van der Waals surface area contributed by atoms with Crippen LogP contribution in [0.3, 0.4) is 0 Å². The summed E-state index contributed by atoms with van der Waals surface area (Å²) in [5.74, 6) is 2.39. The Morgan fingerprint density at radius 3 is 2.92 bits per heavy atom. The molecule has 37 heavy (non-hydrogen) atoms. The lowest BCUT2D eigenvalue weighted by Crippen LogP contribution is -2.39. The van der Waals surface area contributed by atoms with E-state index in [9.17, 15) is 9.90 Å². The van der Waals surface area contributed by atoms with Crippen LogP contribution in [0.4, 0.5) is 4.79 Å². The number of phenolic OH excluding ortho intramolecular Hbond substituents is 1. The van der Waals surface area contributed by atoms with E-state index in [2.05, 4.69) is 45.1 Å². The van der Waals surface area contributed by atoms with Gasteiger partial charge in [-0.2, -0.15) is 0 Å². The summed E-state index contributed by atoms with van der Waals surface area (Å²) in [7, 11) is 0. The number of carbonyl (C=O) groups excluding carboxylic acids is 1. The van der Waals surface area contributed by atoms with Crippen molar-refractivity contribution in [1.29, 1.82) is 0 Å². The predicted octanol–water partition coefficient (Wildman–Crippen LogP) is 2.89. The van der Waals surface area contributed by atoms with E-state index in [0.29, 0.717) is 23.6 Å². The number of rotatable bonds is 7. The van der Waals surface area contributed by atoms with Crippen molar-refractivity contribution in [2.75, 3.05) is 39.3 Å². The molecule has 9 heteroatoms. The molecule has 4 heterocycles. The standard InChI is InChI=1S/C28H39N7O2/c1-2-18-14-21(36)6-8-22(18)19-5-7-23-24(15-19)32-33-26(23)27-30-16-25(31-27)20-4-3-10-34(17-20)12-13-35-11-9-29-28(35)37/h4,6,8,14,16,19,23-24,26,32-33,36H,2-3,5,7,9-13,15,17H2,1H3,(H,29,37)(H,30,31). The lowest BCUT2D eigenvalue weighted by Gasteiger charge is -2.33. The van der Waals surface area contributed by atoms with E-state index in [4.69, 9.17) is 4.98 Å². The first-order chi connectivity index (χ1) is 18.1.